The normalized spacial score (nSPS) is 5.14. The molecule has 0 amide bonds. The molecule has 0 aromatic heterocycles. The summed E-state index contributed by atoms with van der Waals surface area (Å²) in [5.41, 5.74) is 4.61. The molecule has 3 nitrogen and oxygen atoms in total. The summed E-state index contributed by atoms with van der Waals surface area (Å²) >= 11 is 0. The third-order valence-corrected chi connectivity index (χ3v) is 0. The Morgan fingerprint density at radius 1 is 1.57 bits per heavy atom. The monoisotopic (exact) mass is 138 g/mol. The first-order chi connectivity index (χ1) is 2.83. The first-order valence-electron chi connectivity index (χ1n) is 1.56. The molecule has 5 N–H and O–H groups in total. The van der Waals surface area contributed by atoms with Crippen LogP contribution >= 0.6 is 0 Å². The molecule has 0 saturated heterocycles. The summed E-state index contributed by atoms with van der Waals surface area (Å²) < 4.78 is 4.53. The molecule has 0 fully saturated rings. The van der Waals surface area contributed by atoms with Gasteiger partial charge < -0.3 is 16.0 Å². The molecule has 46 valence electrons. The quantitative estimate of drug-likeness (QED) is 0.374. The van der Waals surface area contributed by atoms with Crippen molar-refractivity contribution < 1.29 is 4.12 Å². The molecule has 0 radical (unpaired) electrons. The van der Waals surface area contributed by atoms with Gasteiger partial charge in [0.1, 0.15) is 21.0 Å². The minimum Gasteiger partial charge on any atom is -0.471 e. The molecule has 0 aliphatic rings. The van der Waals surface area contributed by atoms with Crippen molar-refractivity contribution in [3.8, 4) is 0 Å². The average Bonchev–Trinajstić information content (AvgIpc) is 1.39. The highest BCUT2D eigenvalue weighted by atomic mass is 28.3. The third kappa shape index (κ3) is 7920. The topological polar surface area (TPSA) is 70.2 Å². The van der Waals surface area contributed by atoms with Crippen LogP contribution in [0.15, 0.2) is 12.8 Å². The molecule has 5 heteroatoms. The van der Waals surface area contributed by atoms with Gasteiger partial charge in [-0.2, -0.15) is 0 Å². The Morgan fingerprint density at radius 2 is 1.57 bits per heavy atom. The van der Waals surface area contributed by atoms with Gasteiger partial charge in [-0.3, -0.25) is 0 Å². The molecule has 0 saturated carbocycles. The SMILES string of the molecule is C=CN.N.[SiH3]O[SiH3]. The highest BCUT2D eigenvalue weighted by Crippen LogP contribution is 1.20. The lowest BCUT2D eigenvalue weighted by Gasteiger charge is -1.62. The van der Waals surface area contributed by atoms with Crippen LogP contribution in [0.5, 0.6) is 0 Å². The van der Waals surface area contributed by atoms with Crippen LogP contribution in [-0.2, 0) is 4.12 Å². The van der Waals surface area contributed by atoms with E-state index in [0.717, 1.165) is 21.0 Å². The molecule has 0 unspecified atom stereocenters. The van der Waals surface area contributed by atoms with Crippen LogP contribution in [0.3, 0.4) is 0 Å². The summed E-state index contributed by atoms with van der Waals surface area (Å²) in [6.45, 7) is 3.14. The first-order valence-corrected chi connectivity index (χ1v) is 3.19. The lowest BCUT2D eigenvalue weighted by Crippen LogP contribution is -1.67. The molecular formula is C2H14N2OSi2. The third-order valence-electron chi connectivity index (χ3n) is 0. The van der Waals surface area contributed by atoms with Gasteiger partial charge in [-0.25, -0.2) is 0 Å². The molecule has 0 aromatic rings. The van der Waals surface area contributed by atoms with Crippen molar-refractivity contribution >= 4 is 21.0 Å². The Hall–Kier alpha value is -0.106. The number of hydrogen-bond acceptors (Lipinski definition) is 3. The van der Waals surface area contributed by atoms with Gasteiger partial charge in [0, 0.05) is 0 Å². The van der Waals surface area contributed by atoms with Crippen LogP contribution < -0.4 is 11.9 Å². The standard InChI is InChI=1S/C2H5N.H3N.H6OSi2/c1-2-3;;2-1-3/h2H,1,3H2;1H3;2-3H3. The van der Waals surface area contributed by atoms with Crippen LogP contribution in [0, 0.1) is 0 Å². The van der Waals surface area contributed by atoms with E-state index < -0.39 is 0 Å². The van der Waals surface area contributed by atoms with Crippen LogP contribution in [-0.4, -0.2) is 21.0 Å². The van der Waals surface area contributed by atoms with Crippen molar-refractivity contribution in [2.75, 3.05) is 0 Å². The van der Waals surface area contributed by atoms with E-state index in [9.17, 15) is 0 Å². The zero-order chi connectivity index (χ0) is 5.41. The second-order valence-corrected chi connectivity index (χ2v) is 3.91. The maximum atomic E-state index is 4.61. The van der Waals surface area contributed by atoms with Crippen LogP contribution in [0.25, 0.3) is 0 Å². The Kier molecular flexibility index (Phi) is 88.8. The van der Waals surface area contributed by atoms with Gasteiger partial charge in [0.15, 0.2) is 0 Å². The van der Waals surface area contributed by atoms with Gasteiger partial charge in [0.05, 0.1) is 0 Å². The van der Waals surface area contributed by atoms with Gasteiger partial charge in [0.25, 0.3) is 0 Å². The lowest BCUT2D eigenvalue weighted by molar-refractivity contribution is 0.690. The second kappa shape index (κ2) is 39.4. The van der Waals surface area contributed by atoms with Crippen molar-refractivity contribution in [2.24, 2.45) is 5.73 Å². The number of hydrogen-bond donors (Lipinski definition) is 2. The van der Waals surface area contributed by atoms with Crippen molar-refractivity contribution in [3.05, 3.63) is 12.8 Å². The molecule has 0 aliphatic heterocycles. The maximum absolute atomic E-state index is 4.61. The predicted molar refractivity (Wildman–Crippen MR) is 40.4 cm³/mol. The number of nitrogens with two attached hydrogens (primary N) is 1. The van der Waals surface area contributed by atoms with Crippen molar-refractivity contribution in [1.82, 2.24) is 6.15 Å². The van der Waals surface area contributed by atoms with Gasteiger partial charge in [-0.1, -0.05) is 6.58 Å². The van der Waals surface area contributed by atoms with Crippen LogP contribution in [0.1, 0.15) is 0 Å². The van der Waals surface area contributed by atoms with Crippen molar-refractivity contribution in [3.63, 3.8) is 0 Å². The fourth-order valence-electron chi connectivity index (χ4n) is 0. The molecular weight excluding hydrogens is 124 g/mol. The van der Waals surface area contributed by atoms with E-state index in [1.54, 1.807) is 0 Å². The average molecular weight is 138 g/mol. The van der Waals surface area contributed by atoms with E-state index in [-0.39, 0.29) is 6.15 Å². The molecule has 0 aliphatic carbocycles. The highest BCUT2D eigenvalue weighted by Gasteiger charge is 1.28. The molecule has 0 heterocycles. The minimum absolute atomic E-state index is 0. The first kappa shape index (κ1) is 15.8. The largest absolute Gasteiger partial charge is 0.471 e. The van der Waals surface area contributed by atoms with Crippen LogP contribution in [0.2, 0.25) is 0 Å². The summed E-state index contributed by atoms with van der Waals surface area (Å²) in [6, 6.07) is 0. The molecule has 0 spiro atoms. The van der Waals surface area contributed by atoms with E-state index in [1.165, 1.54) is 6.20 Å². The second-order valence-electron chi connectivity index (χ2n) is 0.644. The Bertz CT molecular complexity index is 27.7. The Labute approximate surface area is 50.6 Å². The maximum Gasteiger partial charge on any atom is 0.129 e. The molecule has 0 rings (SSSR count). The molecule has 7 heavy (non-hydrogen) atoms. The van der Waals surface area contributed by atoms with Gasteiger partial charge in [0.2, 0.25) is 0 Å². The van der Waals surface area contributed by atoms with Crippen LogP contribution in [0.4, 0.5) is 0 Å². The van der Waals surface area contributed by atoms with Gasteiger partial charge in [-0.05, 0) is 6.20 Å². The zero-order valence-electron chi connectivity index (χ0n) is 4.98. The fourth-order valence-corrected chi connectivity index (χ4v) is 0. The predicted octanol–water partition coefficient (Wildman–Crippen LogP) is -2.19. The van der Waals surface area contributed by atoms with Crippen molar-refractivity contribution in [1.29, 1.82) is 0 Å². The van der Waals surface area contributed by atoms with Gasteiger partial charge >= 0.3 is 0 Å². The fraction of sp³-hybridized carbons (Fsp3) is 0. The lowest BCUT2D eigenvalue weighted by atomic mass is 11.1. The minimum atomic E-state index is 0. The molecule has 0 atom stereocenters. The smallest absolute Gasteiger partial charge is 0.129 e. The summed E-state index contributed by atoms with van der Waals surface area (Å²) in [5, 5.41) is 0. The van der Waals surface area contributed by atoms with E-state index in [2.05, 4.69) is 16.4 Å². The summed E-state index contributed by atoms with van der Waals surface area (Å²) in [6.07, 6.45) is 1.25. The summed E-state index contributed by atoms with van der Waals surface area (Å²) in [7, 11) is 1.86. The zero-order valence-corrected chi connectivity index (χ0v) is 8.98. The van der Waals surface area contributed by atoms with E-state index >= 15 is 0 Å². The summed E-state index contributed by atoms with van der Waals surface area (Å²) in [5.74, 6) is 0. The molecule has 0 aromatic carbocycles. The molecule has 0 bridgehead atoms. The van der Waals surface area contributed by atoms with Gasteiger partial charge in [-0.15, -0.1) is 0 Å². The van der Waals surface area contributed by atoms with Crippen molar-refractivity contribution in [2.45, 2.75) is 0 Å². The van der Waals surface area contributed by atoms with E-state index in [4.69, 9.17) is 0 Å². The number of rotatable bonds is 0. The van der Waals surface area contributed by atoms with E-state index in [0.29, 0.717) is 0 Å². The summed E-state index contributed by atoms with van der Waals surface area (Å²) in [4.78, 5) is 0. The Morgan fingerprint density at radius 3 is 1.57 bits per heavy atom. The van der Waals surface area contributed by atoms with E-state index in [1.807, 2.05) is 0 Å². The Balaban J connectivity index is -0.0000000400. The highest BCUT2D eigenvalue weighted by molar-refractivity contribution is 6.15.